The van der Waals surface area contributed by atoms with Crippen LogP contribution in [0.5, 0.6) is 11.5 Å². The Labute approximate surface area is 165 Å². The molecule has 5 nitrogen and oxygen atoms in total. The van der Waals surface area contributed by atoms with Crippen LogP contribution in [0.15, 0.2) is 18.2 Å². The van der Waals surface area contributed by atoms with Gasteiger partial charge in [-0.3, -0.25) is 4.79 Å². The summed E-state index contributed by atoms with van der Waals surface area (Å²) in [4.78, 5) is 23.8. The number of esters is 2. The highest BCUT2D eigenvalue weighted by Gasteiger charge is 2.57. The van der Waals surface area contributed by atoms with Gasteiger partial charge in [0.15, 0.2) is 6.61 Å². The molecule has 0 unspecified atom stereocenters. The van der Waals surface area contributed by atoms with E-state index in [1.54, 1.807) is 12.1 Å². The molecule has 28 heavy (non-hydrogen) atoms. The third-order valence-corrected chi connectivity index (χ3v) is 6.81. The van der Waals surface area contributed by atoms with E-state index in [0.29, 0.717) is 23.1 Å². The molecule has 4 fully saturated rings. The first-order valence-corrected chi connectivity index (χ1v) is 10.0. The van der Waals surface area contributed by atoms with Gasteiger partial charge in [0.2, 0.25) is 0 Å². The molecule has 4 aliphatic carbocycles. The molecule has 0 heterocycles. The number of rotatable bonds is 5. The standard InChI is InChI=1S/C23H26O5/c1-4-17-5-6-20(12-21(17)27-14(2)24)26-13-22(25)28-23(3)18-8-15-7-16(10-18)11-19(23)9-15/h1,5-6,12,15-16,18-19H,7-11,13H2,2-3H3. The van der Waals surface area contributed by atoms with Gasteiger partial charge in [0.1, 0.15) is 17.1 Å². The first-order chi connectivity index (χ1) is 13.4. The summed E-state index contributed by atoms with van der Waals surface area (Å²) in [6, 6.07) is 4.80. The van der Waals surface area contributed by atoms with Gasteiger partial charge in [-0.25, -0.2) is 4.79 Å². The molecule has 0 radical (unpaired) electrons. The summed E-state index contributed by atoms with van der Waals surface area (Å²) in [5, 5.41) is 0. The number of benzene rings is 1. The van der Waals surface area contributed by atoms with Gasteiger partial charge >= 0.3 is 11.9 Å². The Balaban J connectivity index is 1.38. The second-order valence-corrected chi connectivity index (χ2v) is 8.65. The number of hydrogen-bond acceptors (Lipinski definition) is 5. The third kappa shape index (κ3) is 3.48. The van der Waals surface area contributed by atoms with Crippen molar-refractivity contribution in [3.63, 3.8) is 0 Å². The Kier molecular flexibility index (Phi) is 4.82. The molecule has 4 saturated carbocycles. The van der Waals surface area contributed by atoms with Crippen molar-refractivity contribution in [3.8, 4) is 23.8 Å². The van der Waals surface area contributed by atoms with Gasteiger partial charge in [0.25, 0.3) is 0 Å². The molecule has 0 spiro atoms. The van der Waals surface area contributed by atoms with Gasteiger partial charge in [-0.2, -0.15) is 0 Å². The van der Waals surface area contributed by atoms with Crippen LogP contribution in [0.1, 0.15) is 51.5 Å². The smallest absolute Gasteiger partial charge is 0.344 e. The topological polar surface area (TPSA) is 61.8 Å². The highest BCUT2D eigenvalue weighted by molar-refractivity contribution is 5.72. The van der Waals surface area contributed by atoms with Crippen molar-refractivity contribution in [3.05, 3.63) is 23.8 Å². The number of carbonyl (C=O) groups is 2. The van der Waals surface area contributed by atoms with Crippen molar-refractivity contribution in [1.29, 1.82) is 0 Å². The van der Waals surface area contributed by atoms with Gasteiger partial charge in [-0.05, 0) is 74.8 Å². The Morgan fingerprint density at radius 3 is 2.36 bits per heavy atom. The zero-order valence-electron chi connectivity index (χ0n) is 16.4. The molecule has 4 bridgehead atoms. The fourth-order valence-corrected chi connectivity index (χ4v) is 5.65. The predicted octanol–water partition coefficient (Wildman–Crippen LogP) is 3.73. The minimum atomic E-state index is -0.470. The van der Waals surface area contributed by atoms with E-state index in [9.17, 15) is 9.59 Å². The lowest BCUT2D eigenvalue weighted by Crippen LogP contribution is -2.58. The van der Waals surface area contributed by atoms with Crippen molar-refractivity contribution in [2.75, 3.05) is 6.61 Å². The molecule has 1 aromatic carbocycles. The molecule has 1 aromatic rings. The molecule has 5 rings (SSSR count). The Morgan fingerprint density at radius 1 is 1.14 bits per heavy atom. The number of carbonyl (C=O) groups excluding carboxylic acids is 2. The van der Waals surface area contributed by atoms with E-state index < -0.39 is 5.97 Å². The molecule has 0 N–H and O–H groups in total. The summed E-state index contributed by atoms with van der Waals surface area (Å²) >= 11 is 0. The molecule has 0 amide bonds. The third-order valence-electron chi connectivity index (χ3n) is 6.81. The molecule has 0 saturated heterocycles. The van der Waals surface area contributed by atoms with E-state index in [2.05, 4.69) is 12.8 Å². The van der Waals surface area contributed by atoms with E-state index in [4.69, 9.17) is 20.6 Å². The van der Waals surface area contributed by atoms with Crippen LogP contribution < -0.4 is 9.47 Å². The molecule has 4 aliphatic rings. The van der Waals surface area contributed by atoms with Crippen molar-refractivity contribution >= 4 is 11.9 Å². The number of hydrogen-bond donors (Lipinski definition) is 0. The number of terminal acetylenes is 1. The van der Waals surface area contributed by atoms with Crippen LogP contribution in [0, 0.1) is 36.0 Å². The van der Waals surface area contributed by atoms with Gasteiger partial charge in [-0.15, -0.1) is 6.42 Å². The van der Waals surface area contributed by atoms with Crippen LogP contribution in [-0.4, -0.2) is 24.1 Å². The highest BCUT2D eigenvalue weighted by atomic mass is 16.6. The van der Waals surface area contributed by atoms with Gasteiger partial charge in [0, 0.05) is 13.0 Å². The molecule has 148 valence electrons. The van der Waals surface area contributed by atoms with Gasteiger partial charge < -0.3 is 14.2 Å². The fraction of sp³-hybridized carbons (Fsp3) is 0.565. The Bertz CT molecular complexity index is 806. The zero-order valence-corrected chi connectivity index (χ0v) is 16.4. The fourth-order valence-electron chi connectivity index (χ4n) is 5.65. The lowest BCUT2D eigenvalue weighted by Gasteiger charge is -2.59. The minimum absolute atomic E-state index is 0.184. The van der Waals surface area contributed by atoms with Crippen molar-refractivity contribution in [2.45, 2.75) is 51.6 Å². The molecule has 0 aliphatic heterocycles. The lowest BCUT2D eigenvalue weighted by molar-refractivity contribution is -0.204. The summed E-state index contributed by atoms with van der Waals surface area (Å²) in [6.07, 6.45) is 11.5. The molecule has 0 aromatic heterocycles. The molecule has 5 heteroatoms. The first-order valence-electron chi connectivity index (χ1n) is 10.0. The van der Waals surface area contributed by atoms with Crippen LogP contribution >= 0.6 is 0 Å². The maximum absolute atomic E-state index is 12.5. The van der Waals surface area contributed by atoms with E-state index in [1.165, 1.54) is 45.1 Å². The molecule has 0 atom stereocenters. The van der Waals surface area contributed by atoms with E-state index in [0.717, 1.165) is 11.8 Å². The summed E-state index contributed by atoms with van der Waals surface area (Å²) in [5.41, 5.74) is 0.0793. The second-order valence-electron chi connectivity index (χ2n) is 8.65. The Hall–Kier alpha value is -2.48. The Morgan fingerprint density at radius 2 is 1.79 bits per heavy atom. The first kappa shape index (κ1) is 18.9. The van der Waals surface area contributed by atoms with Crippen LogP contribution in [0.3, 0.4) is 0 Å². The predicted molar refractivity (Wildman–Crippen MR) is 103 cm³/mol. The summed E-state index contributed by atoms with van der Waals surface area (Å²) in [7, 11) is 0. The largest absolute Gasteiger partial charge is 0.482 e. The van der Waals surface area contributed by atoms with E-state index in [-0.39, 0.29) is 23.9 Å². The average molecular weight is 382 g/mol. The number of ether oxygens (including phenoxy) is 3. The lowest BCUT2D eigenvalue weighted by atomic mass is 9.50. The maximum atomic E-state index is 12.5. The quantitative estimate of drug-likeness (QED) is 0.441. The summed E-state index contributed by atoms with van der Waals surface area (Å²) in [5.74, 6) is 4.86. The normalized spacial score (nSPS) is 32.5. The SMILES string of the molecule is C#Cc1ccc(OCC(=O)OC2(C)C3CC4CC(C3)CC2C4)cc1OC(C)=O. The van der Waals surface area contributed by atoms with Crippen molar-refractivity contribution in [2.24, 2.45) is 23.7 Å². The van der Waals surface area contributed by atoms with Crippen LogP contribution in [-0.2, 0) is 14.3 Å². The zero-order chi connectivity index (χ0) is 19.9. The molecular formula is C23H26O5. The van der Waals surface area contributed by atoms with Crippen LogP contribution in [0.4, 0.5) is 0 Å². The van der Waals surface area contributed by atoms with E-state index in [1.807, 2.05) is 0 Å². The van der Waals surface area contributed by atoms with Gasteiger partial charge in [-0.1, -0.05) is 5.92 Å². The second kappa shape index (κ2) is 7.16. The molecular weight excluding hydrogens is 356 g/mol. The average Bonchev–Trinajstić information content (AvgIpc) is 2.64. The highest BCUT2D eigenvalue weighted by Crippen LogP contribution is 2.59. The van der Waals surface area contributed by atoms with Crippen molar-refractivity contribution in [1.82, 2.24) is 0 Å². The van der Waals surface area contributed by atoms with E-state index >= 15 is 0 Å². The monoisotopic (exact) mass is 382 g/mol. The van der Waals surface area contributed by atoms with Gasteiger partial charge in [0.05, 0.1) is 5.56 Å². The summed E-state index contributed by atoms with van der Waals surface area (Å²) < 4.78 is 16.7. The van der Waals surface area contributed by atoms with Crippen molar-refractivity contribution < 1.29 is 23.8 Å². The maximum Gasteiger partial charge on any atom is 0.344 e. The van der Waals surface area contributed by atoms with Crippen LogP contribution in [0.2, 0.25) is 0 Å². The summed E-state index contributed by atoms with van der Waals surface area (Å²) in [6.45, 7) is 3.23. The van der Waals surface area contributed by atoms with Crippen LogP contribution in [0.25, 0.3) is 0 Å². The minimum Gasteiger partial charge on any atom is -0.482 e.